The van der Waals surface area contributed by atoms with E-state index < -0.39 is 0 Å². The molecule has 4 heteroatoms. The Morgan fingerprint density at radius 2 is 2.00 bits per heavy atom. The quantitative estimate of drug-likeness (QED) is 0.858. The van der Waals surface area contributed by atoms with Crippen molar-refractivity contribution < 1.29 is 9.90 Å². The Kier molecular flexibility index (Phi) is 5.17. The lowest BCUT2D eigenvalue weighted by Gasteiger charge is -2.18. The number of phenols is 1. The van der Waals surface area contributed by atoms with E-state index in [9.17, 15) is 9.90 Å². The third-order valence-electron chi connectivity index (χ3n) is 3.43. The van der Waals surface area contributed by atoms with E-state index in [1.165, 1.54) is 0 Å². The largest absolute Gasteiger partial charge is 0.508 e. The van der Waals surface area contributed by atoms with Gasteiger partial charge in [-0.3, -0.25) is 9.69 Å². The molecule has 112 valence electrons. The molecule has 0 fully saturated rings. The third-order valence-corrected chi connectivity index (χ3v) is 3.43. The van der Waals surface area contributed by atoms with Crippen LogP contribution in [0.3, 0.4) is 0 Å². The lowest BCUT2D eigenvalue weighted by atomic mass is 10.0. The van der Waals surface area contributed by atoms with Gasteiger partial charge in [0.2, 0.25) is 5.91 Å². The van der Waals surface area contributed by atoms with Crippen molar-refractivity contribution in [3.8, 4) is 5.75 Å². The Labute approximate surface area is 125 Å². The first-order chi connectivity index (χ1) is 10.1. The van der Waals surface area contributed by atoms with Crippen LogP contribution in [0.2, 0.25) is 0 Å². The van der Waals surface area contributed by atoms with Crippen LogP contribution in [0.25, 0.3) is 10.8 Å². The minimum absolute atomic E-state index is 0.0130. The van der Waals surface area contributed by atoms with Gasteiger partial charge in [-0.25, -0.2) is 0 Å². The predicted octanol–water partition coefficient (Wildman–Crippen LogP) is 2.50. The molecule has 4 nitrogen and oxygen atoms in total. The molecule has 0 bridgehead atoms. The zero-order valence-corrected chi connectivity index (χ0v) is 12.6. The Morgan fingerprint density at radius 3 is 2.76 bits per heavy atom. The summed E-state index contributed by atoms with van der Waals surface area (Å²) in [4.78, 5) is 13.6. The highest BCUT2D eigenvalue weighted by Gasteiger charge is 2.11. The molecule has 0 unspecified atom stereocenters. The second-order valence-corrected chi connectivity index (χ2v) is 5.31. The normalized spacial score (nSPS) is 11.0. The lowest BCUT2D eigenvalue weighted by molar-refractivity contribution is -0.122. The van der Waals surface area contributed by atoms with Gasteiger partial charge >= 0.3 is 0 Å². The van der Waals surface area contributed by atoms with E-state index in [1.54, 1.807) is 6.07 Å². The van der Waals surface area contributed by atoms with Gasteiger partial charge in [-0.2, -0.15) is 0 Å². The van der Waals surface area contributed by atoms with Crippen LogP contribution >= 0.6 is 0 Å². The van der Waals surface area contributed by atoms with E-state index in [2.05, 4.69) is 5.32 Å². The van der Waals surface area contributed by atoms with E-state index >= 15 is 0 Å². The molecule has 21 heavy (non-hydrogen) atoms. The monoisotopic (exact) mass is 286 g/mol. The molecule has 0 aliphatic rings. The summed E-state index contributed by atoms with van der Waals surface area (Å²) < 4.78 is 0. The van der Waals surface area contributed by atoms with Gasteiger partial charge in [-0.05, 0) is 30.3 Å². The minimum atomic E-state index is 0.0130. The van der Waals surface area contributed by atoms with Crippen LogP contribution in [-0.2, 0) is 11.3 Å². The number of carbonyl (C=O) groups excluding carboxylic acids is 1. The SMILES string of the molecule is CCCNC(=O)CN(C)Cc1c(O)ccc2ccccc12. The second kappa shape index (κ2) is 7.09. The number of amides is 1. The Hall–Kier alpha value is -2.07. The van der Waals surface area contributed by atoms with Gasteiger partial charge in [0.25, 0.3) is 0 Å². The number of fused-ring (bicyclic) bond motifs is 1. The topological polar surface area (TPSA) is 52.6 Å². The number of likely N-dealkylation sites (N-methyl/N-ethyl adjacent to an activating group) is 1. The average Bonchev–Trinajstić information content (AvgIpc) is 2.48. The molecule has 2 rings (SSSR count). The van der Waals surface area contributed by atoms with E-state index in [0.29, 0.717) is 19.6 Å². The summed E-state index contributed by atoms with van der Waals surface area (Å²) in [6, 6.07) is 11.6. The van der Waals surface area contributed by atoms with Crippen LogP contribution < -0.4 is 5.32 Å². The molecule has 0 spiro atoms. The van der Waals surface area contributed by atoms with Crippen LogP contribution in [0.4, 0.5) is 0 Å². The van der Waals surface area contributed by atoms with Crippen molar-refractivity contribution in [3.05, 3.63) is 42.0 Å². The van der Waals surface area contributed by atoms with Crippen molar-refractivity contribution in [1.82, 2.24) is 10.2 Å². The Morgan fingerprint density at radius 1 is 1.24 bits per heavy atom. The van der Waals surface area contributed by atoms with Crippen LogP contribution in [0, 0.1) is 0 Å². The van der Waals surface area contributed by atoms with Gasteiger partial charge in [0.05, 0.1) is 6.54 Å². The summed E-state index contributed by atoms with van der Waals surface area (Å²) >= 11 is 0. The number of hydrogen-bond donors (Lipinski definition) is 2. The number of carbonyl (C=O) groups is 1. The highest BCUT2D eigenvalue weighted by Crippen LogP contribution is 2.27. The van der Waals surface area contributed by atoms with E-state index in [4.69, 9.17) is 0 Å². The third kappa shape index (κ3) is 3.95. The smallest absolute Gasteiger partial charge is 0.234 e. The number of rotatable bonds is 6. The van der Waals surface area contributed by atoms with Gasteiger partial charge in [0, 0.05) is 18.7 Å². The molecule has 0 atom stereocenters. The number of aromatic hydroxyl groups is 1. The molecule has 0 aromatic heterocycles. The van der Waals surface area contributed by atoms with E-state index in [-0.39, 0.29) is 11.7 Å². The first-order valence-corrected chi connectivity index (χ1v) is 7.26. The van der Waals surface area contributed by atoms with E-state index in [1.807, 2.05) is 49.2 Å². The number of phenolic OH excluding ortho intramolecular Hbond substituents is 1. The maximum Gasteiger partial charge on any atom is 0.234 e. The summed E-state index contributed by atoms with van der Waals surface area (Å²) in [6.45, 7) is 3.58. The van der Waals surface area contributed by atoms with Crippen LogP contribution in [0.15, 0.2) is 36.4 Å². The maximum absolute atomic E-state index is 11.7. The fourth-order valence-corrected chi connectivity index (χ4v) is 2.38. The molecule has 2 N–H and O–H groups in total. The molecule has 0 heterocycles. The van der Waals surface area contributed by atoms with Crippen LogP contribution in [0.5, 0.6) is 5.75 Å². The molecule has 0 saturated heterocycles. The van der Waals surface area contributed by atoms with Gasteiger partial charge in [0.15, 0.2) is 0 Å². The molecule has 2 aromatic rings. The standard InChI is InChI=1S/C17H22N2O2/c1-3-10-18-17(21)12-19(2)11-15-14-7-5-4-6-13(14)8-9-16(15)20/h4-9,20H,3,10-12H2,1-2H3,(H,18,21). The highest BCUT2D eigenvalue weighted by atomic mass is 16.3. The van der Waals surface area contributed by atoms with Crippen molar-refractivity contribution in [3.63, 3.8) is 0 Å². The molecule has 2 aromatic carbocycles. The summed E-state index contributed by atoms with van der Waals surface area (Å²) in [6.07, 6.45) is 0.930. The zero-order valence-electron chi connectivity index (χ0n) is 12.6. The summed E-state index contributed by atoms with van der Waals surface area (Å²) in [5.74, 6) is 0.286. The fraction of sp³-hybridized carbons (Fsp3) is 0.353. The molecule has 0 aliphatic carbocycles. The molecule has 0 saturated carbocycles. The van der Waals surface area contributed by atoms with Gasteiger partial charge < -0.3 is 10.4 Å². The van der Waals surface area contributed by atoms with Gasteiger partial charge in [-0.1, -0.05) is 37.3 Å². The minimum Gasteiger partial charge on any atom is -0.508 e. The second-order valence-electron chi connectivity index (χ2n) is 5.31. The molecular weight excluding hydrogens is 264 g/mol. The summed E-state index contributed by atoms with van der Waals surface area (Å²) in [5.41, 5.74) is 0.860. The molecular formula is C17H22N2O2. The van der Waals surface area contributed by atoms with Crippen molar-refractivity contribution in [1.29, 1.82) is 0 Å². The highest BCUT2D eigenvalue weighted by molar-refractivity contribution is 5.87. The average molecular weight is 286 g/mol. The molecule has 0 radical (unpaired) electrons. The number of nitrogens with zero attached hydrogens (tertiary/aromatic N) is 1. The number of hydrogen-bond acceptors (Lipinski definition) is 3. The fourth-order valence-electron chi connectivity index (χ4n) is 2.38. The predicted molar refractivity (Wildman–Crippen MR) is 85.2 cm³/mol. The number of nitrogens with one attached hydrogen (secondary N) is 1. The Bertz CT molecular complexity index is 625. The summed E-state index contributed by atoms with van der Waals surface area (Å²) in [7, 11) is 1.88. The summed E-state index contributed by atoms with van der Waals surface area (Å²) in [5, 5.41) is 15.1. The van der Waals surface area contributed by atoms with Crippen molar-refractivity contribution >= 4 is 16.7 Å². The van der Waals surface area contributed by atoms with Gasteiger partial charge in [0.1, 0.15) is 5.75 Å². The van der Waals surface area contributed by atoms with Crippen molar-refractivity contribution in [2.75, 3.05) is 20.1 Å². The van der Waals surface area contributed by atoms with Crippen molar-refractivity contribution in [2.45, 2.75) is 19.9 Å². The van der Waals surface area contributed by atoms with Gasteiger partial charge in [-0.15, -0.1) is 0 Å². The van der Waals surface area contributed by atoms with Crippen LogP contribution in [0.1, 0.15) is 18.9 Å². The first kappa shape index (κ1) is 15.3. The maximum atomic E-state index is 11.7. The molecule has 1 amide bonds. The number of benzene rings is 2. The first-order valence-electron chi connectivity index (χ1n) is 7.26. The Balaban J connectivity index is 2.12. The van der Waals surface area contributed by atoms with Crippen molar-refractivity contribution in [2.24, 2.45) is 0 Å². The molecule has 0 aliphatic heterocycles. The zero-order chi connectivity index (χ0) is 15.2. The van der Waals surface area contributed by atoms with E-state index in [0.717, 1.165) is 22.8 Å². The lowest BCUT2D eigenvalue weighted by Crippen LogP contribution is -2.35. The van der Waals surface area contributed by atoms with Crippen LogP contribution in [-0.4, -0.2) is 36.1 Å².